The van der Waals surface area contributed by atoms with Crippen LogP contribution in [0.4, 0.5) is 5.69 Å². The first-order valence-corrected chi connectivity index (χ1v) is 14.5. The van der Waals surface area contributed by atoms with Gasteiger partial charge in [0.25, 0.3) is 0 Å². The fourth-order valence-electron chi connectivity index (χ4n) is 4.33. The van der Waals surface area contributed by atoms with Crippen LogP contribution in [0.1, 0.15) is 42.0 Å². The van der Waals surface area contributed by atoms with Gasteiger partial charge in [-0.15, -0.1) is 0 Å². The largest absolute Gasteiger partial charge is 0.357 e. The van der Waals surface area contributed by atoms with Gasteiger partial charge >= 0.3 is 0 Å². The van der Waals surface area contributed by atoms with Crippen LogP contribution >= 0.6 is 0 Å². The summed E-state index contributed by atoms with van der Waals surface area (Å²) >= 11 is 0. The lowest BCUT2D eigenvalue weighted by molar-refractivity contribution is -0.139. The Balaban J connectivity index is 2.02. The van der Waals surface area contributed by atoms with Gasteiger partial charge in [0.05, 0.1) is 11.9 Å². The molecule has 7 nitrogen and oxygen atoms in total. The van der Waals surface area contributed by atoms with Gasteiger partial charge in [0.15, 0.2) is 0 Å². The van der Waals surface area contributed by atoms with Crippen LogP contribution < -0.4 is 9.62 Å². The van der Waals surface area contributed by atoms with E-state index in [4.69, 9.17) is 0 Å². The molecular weight excluding hydrogens is 498 g/mol. The second-order valence-electron chi connectivity index (χ2n) is 9.78. The minimum Gasteiger partial charge on any atom is -0.357 e. The molecule has 38 heavy (non-hydrogen) atoms. The molecule has 202 valence electrons. The molecule has 0 unspecified atom stereocenters. The average molecular weight is 536 g/mol. The highest BCUT2D eigenvalue weighted by atomic mass is 32.2. The van der Waals surface area contributed by atoms with E-state index in [0.29, 0.717) is 12.1 Å². The van der Waals surface area contributed by atoms with E-state index in [-0.39, 0.29) is 18.4 Å². The first kappa shape index (κ1) is 28.9. The lowest BCUT2D eigenvalue weighted by Gasteiger charge is -2.33. The molecule has 0 saturated heterocycles. The standard InChI is InChI=1S/C30H37N3O4S/c1-22(2)25-15-17-27(18-16-25)33(38(5,36)37)21-29(34)32(20-26-14-10-9-11-23(26)3)28(30(35)31-4)19-24-12-7-6-8-13-24/h6-18,22,28H,19-21H2,1-5H3,(H,31,35)/t28-/m1/s1. The van der Waals surface area contributed by atoms with E-state index >= 15 is 0 Å². The number of likely N-dealkylation sites (N-methyl/N-ethyl adjacent to an activating group) is 1. The number of hydrogen-bond donors (Lipinski definition) is 1. The summed E-state index contributed by atoms with van der Waals surface area (Å²) in [6.07, 6.45) is 1.38. The van der Waals surface area contributed by atoms with E-state index in [1.807, 2.05) is 73.7 Å². The molecule has 8 heteroatoms. The number of rotatable bonds is 11. The van der Waals surface area contributed by atoms with E-state index in [2.05, 4.69) is 19.2 Å². The maximum Gasteiger partial charge on any atom is 0.244 e. The summed E-state index contributed by atoms with van der Waals surface area (Å²) in [5, 5.41) is 2.69. The van der Waals surface area contributed by atoms with Gasteiger partial charge in [0, 0.05) is 20.0 Å². The van der Waals surface area contributed by atoms with Gasteiger partial charge in [-0.2, -0.15) is 0 Å². The summed E-state index contributed by atoms with van der Waals surface area (Å²) in [4.78, 5) is 28.6. The van der Waals surface area contributed by atoms with Crippen LogP contribution in [-0.4, -0.2) is 51.0 Å². The third-order valence-corrected chi connectivity index (χ3v) is 7.79. The Morgan fingerprint density at radius 1 is 0.895 bits per heavy atom. The van der Waals surface area contributed by atoms with Crippen LogP contribution in [0, 0.1) is 6.92 Å². The molecule has 1 atom stereocenters. The highest BCUT2D eigenvalue weighted by molar-refractivity contribution is 7.92. The maximum atomic E-state index is 14.0. The number of aryl methyl sites for hydroxylation is 1. The lowest BCUT2D eigenvalue weighted by Crippen LogP contribution is -2.53. The molecule has 0 radical (unpaired) electrons. The molecule has 0 aliphatic heterocycles. The molecule has 0 aliphatic rings. The van der Waals surface area contributed by atoms with E-state index in [1.54, 1.807) is 12.1 Å². The Kier molecular flexibility index (Phi) is 9.69. The van der Waals surface area contributed by atoms with Crippen LogP contribution in [0.25, 0.3) is 0 Å². The van der Waals surface area contributed by atoms with E-state index in [1.165, 1.54) is 11.9 Å². The molecule has 0 aromatic heterocycles. The van der Waals surface area contributed by atoms with Crippen LogP contribution in [0.15, 0.2) is 78.9 Å². The Morgan fingerprint density at radius 3 is 2.05 bits per heavy atom. The minimum atomic E-state index is -3.79. The average Bonchev–Trinajstić information content (AvgIpc) is 2.89. The fraction of sp³-hybridized carbons (Fsp3) is 0.333. The number of carbonyl (C=O) groups excluding carboxylic acids is 2. The smallest absolute Gasteiger partial charge is 0.244 e. The third-order valence-electron chi connectivity index (χ3n) is 6.65. The van der Waals surface area contributed by atoms with Crippen molar-refractivity contribution in [1.29, 1.82) is 0 Å². The maximum absolute atomic E-state index is 14.0. The minimum absolute atomic E-state index is 0.167. The molecule has 0 heterocycles. The van der Waals surface area contributed by atoms with Crippen molar-refractivity contribution in [2.24, 2.45) is 0 Å². The van der Waals surface area contributed by atoms with Crippen LogP contribution in [-0.2, 0) is 32.6 Å². The van der Waals surface area contributed by atoms with Crippen molar-refractivity contribution in [3.8, 4) is 0 Å². The van der Waals surface area contributed by atoms with Gasteiger partial charge in [-0.05, 0) is 47.2 Å². The predicted octanol–water partition coefficient (Wildman–Crippen LogP) is 4.27. The summed E-state index contributed by atoms with van der Waals surface area (Å²) in [5.41, 5.74) is 4.23. The summed E-state index contributed by atoms with van der Waals surface area (Å²) < 4.78 is 26.8. The van der Waals surface area contributed by atoms with Gasteiger partial charge in [-0.3, -0.25) is 13.9 Å². The van der Waals surface area contributed by atoms with Crippen molar-refractivity contribution in [3.63, 3.8) is 0 Å². The Morgan fingerprint density at radius 2 is 1.50 bits per heavy atom. The Hall–Kier alpha value is -3.65. The first-order valence-electron chi connectivity index (χ1n) is 12.7. The molecule has 3 aromatic carbocycles. The molecule has 1 N–H and O–H groups in total. The lowest BCUT2D eigenvalue weighted by atomic mass is 10.0. The normalized spacial score (nSPS) is 12.2. The zero-order valence-corrected chi connectivity index (χ0v) is 23.5. The summed E-state index contributed by atoms with van der Waals surface area (Å²) in [7, 11) is -2.25. The van der Waals surface area contributed by atoms with Gasteiger partial charge < -0.3 is 10.2 Å². The van der Waals surface area contributed by atoms with Gasteiger partial charge in [0.1, 0.15) is 12.6 Å². The molecule has 0 aliphatic carbocycles. The summed E-state index contributed by atoms with van der Waals surface area (Å²) in [6.45, 7) is 5.81. The van der Waals surface area contributed by atoms with Crippen molar-refractivity contribution in [2.45, 2.75) is 45.7 Å². The van der Waals surface area contributed by atoms with E-state index in [0.717, 1.165) is 32.8 Å². The van der Waals surface area contributed by atoms with Crippen molar-refractivity contribution < 1.29 is 18.0 Å². The third kappa shape index (κ3) is 7.44. The molecule has 0 saturated carbocycles. The Bertz CT molecular complexity index is 1340. The monoisotopic (exact) mass is 535 g/mol. The topological polar surface area (TPSA) is 86.8 Å². The highest BCUT2D eigenvalue weighted by Gasteiger charge is 2.32. The summed E-state index contributed by atoms with van der Waals surface area (Å²) in [6, 6.07) is 23.5. The van der Waals surface area contributed by atoms with Crippen LogP contribution in [0.3, 0.4) is 0 Å². The van der Waals surface area contributed by atoms with Gasteiger partial charge in [-0.25, -0.2) is 8.42 Å². The zero-order valence-electron chi connectivity index (χ0n) is 22.7. The number of nitrogens with one attached hydrogen (secondary N) is 1. The number of amides is 2. The predicted molar refractivity (Wildman–Crippen MR) is 152 cm³/mol. The van der Waals surface area contributed by atoms with Crippen LogP contribution in [0.5, 0.6) is 0 Å². The molecule has 0 bridgehead atoms. The number of hydrogen-bond acceptors (Lipinski definition) is 4. The highest BCUT2D eigenvalue weighted by Crippen LogP contribution is 2.23. The van der Waals surface area contributed by atoms with E-state index in [9.17, 15) is 18.0 Å². The Labute approximate surface area is 226 Å². The number of benzene rings is 3. The number of carbonyl (C=O) groups is 2. The molecule has 0 spiro atoms. The van der Waals surface area contributed by atoms with Crippen molar-refractivity contribution >= 4 is 27.5 Å². The van der Waals surface area contributed by atoms with Crippen molar-refractivity contribution in [1.82, 2.24) is 10.2 Å². The van der Waals surface area contributed by atoms with Crippen molar-refractivity contribution in [3.05, 3.63) is 101 Å². The first-order chi connectivity index (χ1) is 18.0. The quantitative estimate of drug-likeness (QED) is 0.397. The zero-order chi connectivity index (χ0) is 27.9. The molecular formula is C30H37N3O4S. The second kappa shape index (κ2) is 12.7. The van der Waals surface area contributed by atoms with Gasteiger partial charge in [-0.1, -0.05) is 80.6 Å². The number of nitrogens with zero attached hydrogens (tertiary/aromatic N) is 2. The number of anilines is 1. The molecule has 2 amide bonds. The number of sulfonamides is 1. The fourth-order valence-corrected chi connectivity index (χ4v) is 5.18. The summed E-state index contributed by atoms with van der Waals surface area (Å²) in [5.74, 6) is -0.493. The SMILES string of the molecule is CNC(=O)[C@@H](Cc1ccccc1)N(Cc1ccccc1C)C(=O)CN(c1ccc(C(C)C)cc1)S(C)(=O)=O. The van der Waals surface area contributed by atoms with E-state index < -0.39 is 28.5 Å². The second-order valence-corrected chi connectivity index (χ2v) is 11.7. The molecule has 0 fully saturated rings. The van der Waals surface area contributed by atoms with Crippen molar-refractivity contribution in [2.75, 3.05) is 24.2 Å². The molecule has 3 rings (SSSR count). The molecule has 3 aromatic rings. The van der Waals surface area contributed by atoms with Crippen LogP contribution in [0.2, 0.25) is 0 Å². The van der Waals surface area contributed by atoms with Gasteiger partial charge in [0.2, 0.25) is 21.8 Å².